The quantitative estimate of drug-likeness (QED) is 0.346. The van der Waals surface area contributed by atoms with E-state index in [-0.39, 0.29) is 54.7 Å². The lowest BCUT2D eigenvalue weighted by Crippen LogP contribution is -2.51. The average molecular weight is 576 g/mol. The minimum atomic E-state index is -4.05. The molecule has 4 rings (SSSR count). The highest BCUT2D eigenvalue weighted by molar-refractivity contribution is 7.89. The van der Waals surface area contributed by atoms with E-state index < -0.39 is 40.3 Å². The lowest BCUT2D eigenvalue weighted by atomic mass is 10.0. The predicted octanol–water partition coefficient (Wildman–Crippen LogP) is 1.89. The highest BCUT2D eigenvalue weighted by atomic mass is 32.2. The number of carbonyl (C=O) groups excluding carboxylic acids is 2. The van der Waals surface area contributed by atoms with Gasteiger partial charge in [0.1, 0.15) is 6.10 Å². The molecular weight excluding hydrogens is 538 g/mol. The summed E-state index contributed by atoms with van der Waals surface area (Å²) in [6.45, 7) is 4.35. The van der Waals surface area contributed by atoms with E-state index in [0.29, 0.717) is 6.61 Å². The first kappa shape index (κ1) is 29.9. The Morgan fingerprint density at radius 3 is 2.45 bits per heavy atom. The second-order valence-corrected chi connectivity index (χ2v) is 12.5. The molecular formula is C28H37N3O8S. The monoisotopic (exact) mass is 575 g/mol. The Labute approximate surface area is 234 Å². The van der Waals surface area contributed by atoms with Crippen LogP contribution in [-0.2, 0) is 30.7 Å². The molecule has 0 saturated carbocycles. The highest BCUT2D eigenvalue weighted by Gasteiger charge is 2.44. The molecule has 2 heterocycles. The molecule has 4 N–H and O–H groups in total. The fourth-order valence-electron chi connectivity index (χ4n) is 4.98. The molecule has 0 radical (unpaired) electrons. The number of aliphatic hydroxyl groups excluding tert-OH is 1. The summed E-state index contributed by atoms with van der Waals surface area (Å²) in [6.07, 6.45) is -1.87. The molecule has 5 atom stereocenters. The molecule has 0 bridgehead atoms. The van der Waals surface area contributed by atoms with Crippen molar-refractivity contribution in [2.75, 3.05) is 26.3 Å². The molecule has 0 aliphatic carbocycles. The zero-order valence-electron chi connectivity index (χ0n) is 22.6. The van der Waals surface area contributed by atoms with Gasteiger partial charge < -0.3 is 30.4 Å². The number of benzene rings is 2. The highest BCUT2D eigenvalue weighted by Crippen LogP contribution is 2.33. The molecule has 0 aromatic heterocycles. The Bertz CT molecular complexity index is 1260. The van der Waals surface area contributed by atoms with Crippen LogP contribution in [0.1, 0.15) is 36.2 Å². The maximum atomic E-state index is 13.6. The maximum absolute atomic E-state index is 13.6. The molecule has 2 saturated heterocycles. The van der Waals surface area contributed by atoms with Gasteiger partial charge in [-0.25, -0.2) is 13.2 Å². The topological polar surface area (TPSA) is 157 Å². The number of primary amides is 1. The van der Waals surface area contributed by atoms with Crippen LogP contribution in [0.2, 0.25) is 0 Å². The smallest absolute Gasteiger partial charge is 0.407 e. The number of ether oxygens (including phenoxy) is 3. The number of rotatable bonds is 12. The molecule has 2 aliphatic rings. The van der Waals surface area contributed by atoms with E-state index in [0.717, 1.165) is 12.0 Å². The van der Waals surface area contributed by atoms with E-state index in [9.17, 15) is 23.1 Å². The molecule has 12 heteroatoms. The van der Waals surface area contributed by atoms with Gasteiger partial charge in [0.05, 0.1) is 36.2 Å². The van der Waals surface area contributed by atoms with E-state index in [1.165, 1.54) is 28.6 Å². The van der Waals surface area contributed by atoms with Crippen molar-refractivity contribution in [3.63, 3.8) is 0 Å². The zero-order chi connectivity index (χ0) is 28.9. The van der Waals surface area contributed by atoms with Crippen molar-refractivity contribution >= 4 is 22.0 Å². The van der Waals surface area contributed by atoms with Gasteiger partial charge >= 0.3 is 6.09 Å². The molecule has 0 spiro atoms. The first-order chi connectivity index (χ1) is 19.0. The van der Waals surface area contributed by atoms with Crippen LogP contribution in [0.25, 0.3) is 0 Å². The number of sulfonamides is 1. The molecule has 2 amide bonds. The molecule has 0 unspecified atom stereocenters. The third-order valence-corrected chi connectivity index (χ3v) is 8.89. The summed E-state index contributed by atoms with van der Waals surface area (Å²) in [4.78, 5) is 24.4. The Balaban J connectivity index is 1.51. The van der Waals surface area contributed by atoms with Crippen molar-refractivity contribution in [3.05, 3.63) is 65.7 Å². The van der Waals surface area contributed by atoms with Crippen molar-refractivity contribution < 1.29 is 37.3 Å². The number of nitrogens with one attached hydrogen (secondary N) is 1. The number of amides is 2. The summed E-state index contributed by atoms with van der Waals surface area (Å²) in [5.74, 6) is -0.766. The number of hydrogen-bond donors (Lipinski definition) is 3. The van der Waals surface area contributed by atoms with Gasteiger partial charge in [0.15, 0.2) is 6.29 Å². The van der Waals surface area contributed by atoms with E-state index in [1.807, 2.05) is 44.2 Å². The summed E-state index contributed by atoms with van der Waals surface area (Å²) >= 11 is 0. The molecule has 40 heavy (non-hydrogen) atoms. The first-order valence-corrected chi connectivity index (χ1v) is 14.8. The minimum Gasteiger partial charge on any atom is -0.443 e. The summed E-state index contributed by atoms with van der Waals surface area (Å²) in [5, 5.41) is 14.1. The summed E-state index contributed by atoms with van der Waals surface area (Å²) in [5.41, 5.74) is 6.32. The van der Waals surface area contributed by atoms with Crippen LogP contribution < -0.4 is 11.1 Å². The third-order valence-electron chi connectivity index (χ3n) is 7.05. The maximum Gasteiger partial charge on any atom is 0.407 e. The standard InChI is InChI=1S/C28H37N3O8S/c1-18(2)15-31(40(35,36)21-10-8-20(9-11-21)26(29)33)16-24(32)23(14-19-6-4-3-5-7-19)30-28(34)39-25-17-38-27-22(25)12-13-37-27/h3-11,18,22-25,27,32H,12-17H2,1-2H3,(H2,29,33)(H,30,34)/t22-,23-,24+,25-,27+/m0/s1. The SMILES string of the molecule is CC(C)CN(C[C@@H](O)[C@H](Cc1ccccc1)NC(=O)O[C@H]1CO[C@H]2OCC[C@H]21)S(=O)(=O)c1ccc(C(N)=O)cc1. The Hall–Kier alpha value is -3.03. The van der Waals surface area contributed by atoms with Crippen molar-refractivity contribution in [1.82, 2.24) is 9.62 Å². The van der Waals surface area contributed by atoms with Gasteiger partial charge in [-0.3, -0.25) is 4.79 Å². The van der Waals surface area contributed by atoms with Crippen molar-refractivity contribution in [1.29, 1.82) is 0 Å². The Kier molecular flexibility index (Phi) is 9.80. The van der Waals surface area contributed by atoms with E-state index in [2.05, 4.69) is 5.32 Å². The average Bonchev–Trinajstić information content (AvgIpc) is 3.53. The Morgan fingerprint density at radius 2 is 1.80 bits per heavy atom. The van der Waals surface area contributed by atoms with Crippen molar-refractivity contribution in [3.8, 4) is 0 Å². The molecule has 2 aromatic carbocycles. The second kappa shape index (κ2) is 13.1. The van der Waals surface area contributed by atoms with Gasteiger partial charge in [-0.1, -0.05) is 44.2 Å². The van der Waals surface area contributed by atoms with E-state index >= 15 is 0 Å². The largest absolute Gasteiger partial charge is 0.443 e. The lowest BCUT2D eigenvalue weighted by Gasteiger charge is -2.31. The number of hydrogen-bond acceptors (Lipinski definition) is 8. The third kappa shape index (κ3) is 7.38. The number of aliphatic hydroxyl groups is 1. The van der Waals surface area contributed by atoms with E-state index in [4.69, 9.17) is 19.9 Å². The molecule has 218 valence electrons. The van der Waals surface area contributed by atoms with Gasteiger partial charge in [-0.2, -0.15) is 4.31 Å². The molecule has 11 nitrogen and oxygen atoms in total. The number of nitrogens with two attached hydrogens (primary N) is 1. The number of fused-ring (bicyclic) bond motifs is 1. The van der Waals surface area contributed by atoms with Crippen LogP contribution >= 0.6 is 0 Å². The predicted molar refractivity (Wildman–Crippen MR) is 146 cm³/mol. The zero-order valence-corrected chi connectivity index (χ0v) is 23.5. The van der Waals surface area contributed by atoms with Crippen LogP contribution in [0.4, 0.5) is 4.79 Å². The van der Waals surface area contributed by atoms with Gasteiger partial charge in [0.25, 0.3) is 0 Å². The second-order valence-electron chi connectivity index (χ2n) is 10.6. The number of alkyl carbamates (subject to hydrolysis) is 1. The summed E-state index contributed by atoms with van der Waals surface area (Å²) in [6, 6.07) is 13.8. The van der Waals surface area contributed by atoms with Gasteiger partial charge in [0.2, 0.25) is 15.9 Å². The van der Waals surface area contributed by atoms with Crippen LogP contribution in [0, 0.1) is 11.8 Å². The fourth-order valence-corrected chi connectivity index (χ4v) is 6.60. The number of nitrogens with zero attached hydrogens (tertiary/aromatic N) is 1. The molecule has 2 fully saturated rings. The van der Waals surface area contributed by atoms with Crippen LogP contribution in [0.5, 0.6) is 0 Å². The van der Waals surface area contributed by atoms with Gasteiger partial charge in [0, 0.05) is 18.7 Å². The lowest BCUT2D eigenvalue weighted by molar-refractivity contribution is -0.0907. The molecule has 2 aromatic rings. The van der Waals surface area contributed by atoms with Crippen LogP contribution in [-0.4, -0.2) is 80.7 Å². The van der Waals surface area contributed by atoms with Crippen molar-refractivity contribution in [2.45, 2.75) is 56.1 Å². The normalized spacial score (nSPS) is 22.2. The molecule has 2 aliphatic heterocycles. The number of carbonyl (C=O) groups is 2. The summed E-state index contributed by atoms with van der Waals surface area (Å²) < 4.78 is 45.0. The van der Waals surface area contributed by atoms with Crippen LogP contribution in [0.3, 0.4) is 0 Å². The summed E-state index contributed by atoms with van der Waals surface area (Å²) in [7, 11) is -4.05. The van der Waals surface area contributed by atoms with E-state index in [1.54, 1.807) is 0 Å². The van der Waals surface area contributed by atoms with Crippen LogP contribution in [0.15, 0.2) is 59.5 Å². The fraction of sp³-hybridized carbons (Fsp3) is 0.500. The van der Waals surface area contributed by atoms with Gasteiger partial charge in [-0.15, -0.1) is 0 Å². The minimum absolute atomic E-state index is 0.0353. The first-order valence-electron chi connectivity index (χ1n) is 13.4. The van der Waals surface area contributed by atoms with Gasteiger partial charge in [-0.05, 0) is 48.6 Å². The van der Waals surface area contributed by atoms with Crippen molar-refractivity contribution in [2.24, 2.45) is 17.6 Å². The Morgan fingerprint density at radius 1 is 1.10 bits per heavy atom.